The normalized spacial score (nSPS) is 17.3. The Morgan fingerprint density at radius 1 is 1.42 bits per heavy atom. The molecule has 0 bridgehead atoms. The van der Waals surface area contributed by atoms with Crippen LogP contribution in [0.5, 0.6) is 0 Å². The van der Waals surface area contributed by atoms with Gasteiger partial charge in [-0.05, 0) is 6.92 Å². The molecule has 1 atom stereocenters. The summed E-state index contributed by atoms with van der Waals surface area (Å²) in [7, 11) is 1.72. The van der Waals surface area contributed by atoms with Gasteiger partial charge in [-0.2, -0.15) is 13.2 Å². The van der Waals surface area contributed by atoms with E-state index in [1.165, 1.54) is 10.7 Å². The van der Waals surface area contributed by atoms with Gasteiger partial charge in [0, 0.05) is 31.8 Å². The molecule has 2 aromatic rings. The highest BCUT2D eigenvalue weighted by atomic mass is 32.1. The molecular weight excluding hydrogens is 373 g/mol. The molecule has 3 rings (SSSR count). The molecule has 2 aromatic heterocycles. The van der Waals surface area contributed by atoms with Gasteiger partial charge in [0.1, 0.15) is 10.8 Å². The number of fused-ring (bicyclic) bond motifs is 1. The molecule has 0 saturated heterocycles. The largest absolute Gasteiger partial charge is 0.490 e. The van der Waals surface area contributed by atoms with Crippen LogP contribution in [-0.4, -0.2) is 50.3 Å². The summed E-state index contributed by atoms with van der Waals surface area (Å²) in [5.41, 5.74) is 1.17. The maximum atomic E-state index is 10.6. The van der Waals surface area contributed by atoms with Crippen LogP contribution in [0.4, 0.5) is 13.2 Å². The fraction of sp³-hybridized carbons (Fsp3) is 0.533. The zero-order valence-corrected chi connectivity index (χ0v) is 15.0. The van der Waals surface area contributed by atoms with E-state index in [2.05, 4.69) is 26.4 Å². The Morgan fingerprint density at radius 2 is 2.12 bits per heavy atom. The van der Waals surface area contributed by atoms with Crippen LogP contribution < -0.4 is 0 Å². The van der Waals surface area contributed by atoms with Crippen LogP contribution in [0.3, 0.4) is 0 Å². The number of carboxylic acid groups (broad SMARTS) is 1. The number of imidazole rings is 1. The van der Waals surface area contributed by atoms with Crippen LogP contribution >= 0.6 is 11.3 Å². The molecule has 3 heterocycles. The predicted octanol–water partition coefficient (Wildman–Crippen LogP) is 2.70. The van der Waals surface area contributed by atoms with E-state index >= 15 is 0 Å². The monoisotopic (exact) mass is 392 g/mol. The summed E-state index contributed by atoms with van der Waals surface area (Å²) in [6.45, 7) is 5.75. The fourth-order valence-corrected chi connectivity index (χ4v) is 3.23. The third-order valence-electron chi connectivity index (χ3n) is 3.86. The van der Waals surface area contributed by atoms with Crippen molar-refractivity contribution in [2.24, 2.45) is 0 Å². The van der Waals surface area contributed by atoms with Gasteiger partial charge >= 0.3 is 12.1 Å². The average Bonchev–Trinajstić information content (AvgIpc) is 3.20. The van der Waals surface area contributed by atoms with Gasteiger partial charge < -0.3 is 14.4 Å². The van der Waals surface area contributed by atoms with E-state index in [-0.39, 0.29) is 0 Å². The van der Waals surface area contributed by atoms with Crippen molar-refractivity contribution in [3.63, 3.8) is 0 Å². The number of alkyl halides is 3. The van der Waals surface area contributed by atoms with Crippen LogP contribution in [0, 0.1) is 0 Å². The molecule has 1 unspecified atom stereocenters. The molecule has 11 heteroatoms. The number of aliphatic carboxylic acids is 1. The van der Waals surface area contributed by atoms with Gasteiger partial charge in [0.05, 0.1) is 31.1 Å². The molecule has 0 radical (unpaired) electrons. The first-order valence-electron chi connectivity index (χ1n) is 7.69. The van der Waals surface area contributed by atoms with Crippen molar-refractivity contribution >= 4 is 17.3 Å². The minimum atomic E-state index is -5.08. The van der Waals surface area contributed by atoms with Crippen LogP contribution in [-0.2, 0) is 29.2 Å². The third kappa shape index (κ3) is 5.02. The molecule has 0 amide bonds. The Balaban J connectivity index is 0.000000298. The maximum Gasteiger partial charge on any atom is 0.490 e. The van der Waals surface area contributed by atoms with Crippen LogP contribution in [0.2, 0.25) is 0 Å². The maximum absolute atomic E-state index is 10.6. The van der Waals surface area contributed by atoms with E-state index in [9.17, 15) is 13.2 Å². The lowest BCUT2D eigenvalue weighted by Crippen LogP contribution is -2.37. The highest BCUT2D eigenvalue weighted by Crippen LogP contribution is 2.27. The number of rotatable bonds is 4. The standard InChI is InChI=1S/C13H18N4OS.C2HF3O2/c1-10-13-15-7-11(9-18-2)17(13)5-4-16(10)8-12-14-3-6-19-12;3-2(4,5)1(6)7/h3,6-7,10H,4-5,8-9H2,1-2H3;(H,6,7). The minimum Gasteiger partial charge on any atom is -0.475 e. The smallest absolute Gasteiger partial charge is 0.475 e. The molecule has 0 fully saturated rings. The van der Waals surface area contributed by atoms with Crippen LogP contribution in [0.15, 0.2) is 17.8 Å². The van der Waals surface area contributed by atoms with Crippen LogP contribution in [0.25, 0.3) is 0 Å². The molecule has 0 saturated carbocycles. The second-order valence-corrected chi connectivity index (χ2v) is 6.55. The van der Waals surface area contributed by atoms with E-state index in [0.717, 1.165) is 25.5 Å². The predicted molar refractivity (Wildman–Crippen MR) is 87.6 cm³/mol. The van der Waals surface area contributed by atoms with Gasteiger partial charge in [0.15, 0.2) is 0 Å². The molecule has 1 N–H and O–H groups in total. The number of halogens is 3. The van der Waals surface area contributed by atoms with E-state index in [4.69, 9.17) is 14.6 Å². The molecule has 0 spiro atoms. The van der Waals surface area contributed by atoms with Gasteiger partial charge in [0.2, 0.25) is 0 Å². The first-order valence-corrected chi connectivity index (χ1v) is 8.57. The number of nitrogens with zero attached hydrogens (tertiary/aromatic N) is 4. The number of hydrogen-bond acceptors (Lipinski definition) is 6. The average molecular weight is 392 g/mol. The Labute approximate surface area is 152 Å². The van der Waals surface area contributed by atoms with Gasteiger partial charge in [-0.3, -0.25) is 4.90 Å². The number of carboxylic acids is 1. The van der Waals surface area contributed by atoms with Crippen molar-refractivity contribution in [2.45, 2.75) is 38.8 Å². The number of aromatic nitrogens is 3. The topological polar surface area (TPSA) is 80.5 Å². The lowest BCUT2D eigenvalue weighted by molar-refractivity contribution is -0.192. The molecule has 26 heavy (non-hydrogen) atoms. The molecule has 1 aliphatic rings. The summed E-state index contributed by atoms with van der Waals surface area (Å²) in [6.07, 6.45) is -1.28. The minimum absolute atomic E-state index is 0.322. The Morgan fingerprint density at radius 3 is 2.65 bits per heavy atom. The van der Waals surface area contributed by atoms with E-state index < -0.39 is 12.1 Å². The van der Waals surface area contributed by atoms with E-state index in [1.807, 2.05) is 17.8 Å². The summed E-state index contributed by atoms with van der Waals surface area (Å²) < 4.78 is 39.2. The number of ether oxygens (including phenoxy) is 1. The quantitative estimate of drug-likeness (QED) is 0.862. The van der Waals surface area contributed by atoms with E-state index in [1.54, 1.807) is 18.4 Å². The van der Waals surface area contributed by atoms with Gasteiger partial charge in [-0.15, -0.1) is 11.3 Å². The lowest BCUT2D eigenvalue weighted by Gasteiger charge is -2.33. The molecule has 0 aliphatic carbocycles. The van der Waals surface area contributed by atoms with Crippen molar-refractivity contribution in [1.29, 1.82) is 0 Å². The van der Waals surface area contributed by atoms with Crippen molar-refractivity contribution < 1.29 is 27.8 Å². The number of thiazole rings is 1. The number of hydrogen-bond donors (Lipinski definition) is 1. The highest BCUT2D eigenvalue weighted by molar-refractivity contribution is 7.09. The highest BCUT2D eigenvalue weighted by Gasteiger charge is 2.38. The molecular formula is C15H19F3N4O3S. The van der Waals surface area contributed by atoms with Gasteiger partial charge in [-0.1, -0.05) is 0 Å². The third-order valence-corrected chi connectivity index (χ3v) is 4.62. The summed E-state index contributed by atoms with van der Waals surface area (Å²) in [4.78, 5) is 20.2. The Bertz CT molecular complexity index is 718. The lowest BCUT2D eigenvalue weighted by atomic mass is 10.2. The fourth-order valence-electron chi connectivity index (χ4n) is 2.59. The summed E-state index contributed by atoms with van der Waals surface area (Å²) in [5, 5.41) is 10.3. The second-order valence-electron chi connectivity index (χ2n) is 5.57. The van der Waals surface area contributed by atoms with Crippen molar-refractivity contribution in [1.82, 2.24) is 19.4 Å². The van der Waals surface area contributed by atoms with Gasteiger partial charge in [0.25, 0.3) is 0 Å². The molecule has 144 valence electrons. The Kier molecular flexibility index (Phi) is 6.73. The van der Waals surface area contributed by atoms with Crippen molar-refractivity contribution in [3.8, 4) is 0 Å². The SMILES string of the molecule is COCc1cnc2n1CCN(Cc1nccs1)C2C.O=C(O)C(F)(F)F. The first-order chi connectivity index (χ1) is 12.2. The van der Waals surface area contributed by atoms with E-state index in [0.29, 0.717) is 12.6 Å². The molecule has 7 nitrogen and oxygen atoms in total. The number of carbonyl (C=O) groups is 1. The zero-order valence-electron chi connectivity index (χ0n) is 14.2. The molecule has 1 aliphatic heterocycles. The van der Waals surface area contributed by atoms with Crippen molar-refractivity contribution in [2.75, 3.05) is 13.7 Å². The summed E-state index contributed by atoms with van der Waals surface area (Å²) >= 11 is 1.71. The van der Waals surface area contributed by atoms with Crippen molar-refractivity contribution in [3.05, 3.63) is 34.3 Å². The zero-order chi connectivity index (χ0) is 19.3. The first kappa shape index (κ1) is 20.3. The molecule has 0 aromatic carbocycles. The van der Waals surface area contributed by atoms with Crippen LogP contribution in [0.1, 0.15) is 29.5 Å². The summed E-state index contributed by atoms with van der Waals surface area (Å²) in [6, 6.07) is 0.322. The summed E-state index contributed by atoms with van der Waals surface area (Å²) in [5.74, 6) is -1.62. The van der Waals surface area contributed by atoms with Gasteiger partial charge in [-0.25, -0.2) is 14.8 Å². The Hall–Kier alpha value is -1.98. The number of methoxy groups -OCH3 is 1. The second kappa shape index (κ2) is 8.60.